The highest BCUT2D eigenvalue weighted by molar-refractivity contribution is 9.11. The third kappa shape index (κ3) is 3.25. The van der Waals surface area contributed by atoms with Gasteiger partial charge in [-0.25, -0.2) is 18.4 Å². The molecule has 0 N–H and O–H groups in total. The number of sulfonamides is 1. The molecule has 0 amide bonds. The van der Waals surface area contributed by atoms with Crippen molar-refractivity contribution in [3.05, 3.63) is 34.5 Å². The first-order chi connectivity index (χ1) is 10.1. The molecular formula is C12H12BrN3O3S2. The largest absolute Gasteiger partial charge is 0.473 e. The van der Waals surface area contributed by atoms with E-state index in [1.54, 1.807) is 24.4 Å². The zero-order valence-corrected chi connectivity index (χ0v) is 14.1. The van der Waals surface area contributed by atoms with E-state index < -0.39 is 10.0 Å². The summed E-state index contributed by atoms with van der Waals surface area (Å²) in [5.41, 5.74) is 0. The zero-order chi connectivity index (χ0) is 14.9. The molecule has 0 saturated carbocycles. The minimum Gasteiger partial charge on any atom is -0.473 e. The fraction of sp³-hybridized carbons (Fsp3) is 0.333. The maximum atomic E-state index is 12.5. The molecule has 0 radical (unpaired) electrons. The molecule has 2 aromatic heterocycles. The number of nitrogens with zero attached hydrogens (tertiary/aromatic N) is 3. The van der Waals surface area contributed by atoms with Gasteiger partial charge in [0.25, 0.3) is 10.0 Å². The molecule has 3 rings (SSSR count). The number of hydrogen-bond donors (Lipinski definition) is 0. The summed E-state index contributed by atoms with van der Waals surface area (Å²) in [4.78, 5) is 7.80. The molecule has 0 bridgehead atoms. The Morgan fingerprint density at radius 2 is 2.24 bits per heavy atom. The van der Waals surface area contributed by atoms with Crippen LogP contribution in [0.1, 0.15) is 6.42 Å². The minimum absolute atomic E-state index is 0.182. The second-order valence-electron chi connectivity index (χ2n) is 4.50. The van der Waals surface area contributed by atoms with E-state index in [9.17, 15) is 8.42 Å². The Balaban J connectivity index is 1.69. The third-order valence-electron chi connectivity index (χ3n) is 3.09. The maximum absolute atomic E-state index is 12.5. The normalized spacial score (nSPS) is 19.8. The van der Waals surface area contributed by atoms with E-state index in [-0.39, 0.29) is 6.10 Å². The van der Waals surface area contributed by atoms with Gasteiger partial charge in [0.05, 0.1) is 10.3 Å². The number of ether oxygens (including phenoxy) is 1. The summed E-state index contributed by atoms with van der Waals surface area (Å²) in [6.45, 7) is 0.787. The summed E-state index contributed by atoms with van der Waals surface area (Å²) >= 11 is 4.50. The number of halogens is 1. The smallest absolute Gasteiger partial charge is 0.252 e. The van der Waals surface area contributed by atoms with E-state index in [0.29, 0.717) is 29.6 Å². The standard InChI is InChI=1S/C12H12BrN3O3S2/c13-10-1-2-12(20-10)21(17,18)16-6-4-9(7-16)19-11-3-5-14-8-15-11/h1-3,5,8-9H,4,6-7H2. The molecule has 1 saturated heterocycles. The van der Waals surface area contributed by atoms with Crippen molar-refractivity contribution in [1.29, 1.82) is 0 Å². The van der Waals surface area contributed by atoms with Gasteiger partial charge in [0.2, 0.25) is 5.88 Å². The van der Waals surface area contributed by atoms with E-state index in [1.807, 2.05) is 0 Å². The number of thiophene rings is 1. The number of rotatable bonds is 4. The van der Waals surface area contributed by atoms with Gasteiger partial charge in [0, 0.05) is 18.8 Å². The molecule has 1 fully saturated rings. The fourth-order valence-electron chi connectivity index (χ4n) is 2.09. The maximum Gasteiger partial charge on any atom is 0.252 e. The Morgan fingerprint density at radius 1 is 1.38 bits per heavy atom. The van der Waals surface area contributed by atoms with Crippen LogP contribution in [0.2, 0.25) is 0 Å². The van der Waals surface area contributed by atoms with Crippen molar-refractivity contribution < 1.29 is 13.2 Å². The summed E-state index contributed by atoms with van der Waals surface area (Å²) in [5.74, 6) is 0.466. The predicted octanol–water partition coefficient (Wildman–Crippen LogP) is 2.14. The van der Waals surface area contributed by atoms with Crippen LogP contribution in [0.15, 0.2) is 38.7 Å². The average molecular weight is 390 g/mol. The van der Waals surface area contributed by atoms with E-state index in [2.05, 4.69) is 25.9 Å². The molecular weight excluding hydrogens is 378 g/mol. The van der Waals surface area contributed by atoms with E-state index >= 15 is 0 Å². The van der Waals surface area contributed by atoms with Crippen LogP contribution in [-0.4, -0.2) is 41.9 Å². The van der Waals surface area contributed by atoms with Crippen molar-refractivity contribution in [3.8, 4) is 5.88 Å². The highest BCUT2D eigenvalue weighted by atomic mass is 79.9. The van der Waals surface area contributed by atoms with Crippen LogP contribution in [-0.2, 0) is 10.0 Å². The van der Waals surface area contributed by atoms with Crippen molar-refractivity contribution in [3.63, 3.8) is 0 Å². The lowest BCUT2D eigenvalue weighted by Gasteiger charge is -2.15. The van der Waals surface area contributed by atoms with Crippen LogP contribution in [0.5, 0.6) is 5.88 Å². The summed E-state index contributed by atoms with van der Waals surface area (Å²) in [7, 11) is -3.43. The molecule has 9 heteroatoms. The van der Waals surface area contributed by atoms with Gasteiger partial charge in [-0.3, -0.25) is 0 Å². The summed E-state index contributed by atoms with van der Waals surface area (Å²) in [6.07, 6.45) is 3.46. The van der Waals surface area contributed by atoms with Gasteiger partial charge in [-0.05, 0) is 34.5 Å². The minimum atomic E-state index is -3.43. The number of aromatic nitrogens is 2. The lowest BCUT2D eigenvalue weighted by molar-refractivity contribution is 0.206. The van der Waals surface area contributed by atoms with Crippen molar-refractivity contribution in [1.82, 2.24) is 14.3 Å². The Bertz CT molecular complexity index is 720. The highest BCUT2D eigenvalue weighted by Crippen LogP contribution is 2.30. The molecule has 0 aromatic carbocycles. The van der Waals surface area contributed by atoms with Crippen LogP contribution in [0, 0.1) is 0 Å². The summed E-state index contributed by atoms with van der Waals surface area (Å²) in [6, 6.07) is 5.01. The summed E-state index contributed by atoms with van der Waals surface area (Å²) < 4.78 is 33.2. The van der Waals surface area contributed by atoms with Crippen LogP contribution in [0.25, 0.3) is 0 Å². The molecule has 1 atom stereocenters. The fourth-order valence-corrected chi connectivity index (χ4v) is 5.75. The van der Waals surface area contributed by atoms with Gasteiger partial charge in [-0.1, -0.05) is 0 Å². The molecule has 0 aliphatic carbocycles. The lowest BCUT2D eigenvalue weighted by Crippen LogP contribution is -2.30. The Hall–Kier alpha value is -1.03. The Morgan fingerprint density at radius 3 is 2.90 bits per heavy atom. The number of hydrogen-bond acceptors (Lipinski definition) is 6. The SMILES string of the molecule is O=S(=O)(c1ccc(Br)s1)N1CCC(Oc2ccncn2)C1. The second kappa shape index (κ2) is 5.99. The first-order valence-electron chi connectivity index (χ1n) is 6.24. The topological polar surface area (TPSA) is 72.4 Å². The Labute approximate surface area is 135 Å². The third-order valence-corrected chi connectivity index (χ3v) is 7.05. The average Bonchev–Trinajstić information content (AvgIpc) is 3.10. The van der Waals surface area contributed by atoms with Gasteiger partial charge in [0.1, 0.15) is 16.6 Å². The molecule has 2 aromatic rings. The van der Waals surface area contributed by atoms with Gasteiger partial charge < -0.3 is 4.74 Å². The predicted molar refractivity (Wildman–Crippen MR) is 81.8 cm³/mol. The van der Waals surface area contributed by atoms with Gasteiger partial charge in [-0.15, -0.1) is 11.3 Å². The molecule has 3 heterocycles. The van der Waals surface area contributed by atoms with Gasteiger partial charge in [-0.2, -0.15) is 4.31 Å². The summed E-state index contributed by atoms with van der Waals surface area (Å²) in [5, 5.41) is 0. The van der Waals surface area contributed by atoms with Crippen molar-refractivity contribution in [2.75, 3.05) is 13.1 Å². The monoisotopic (exact) mass is 389 g/mol. The van der Waals surface area contributed by atoms with E-state index in [4.69, 9.17) is 4.74 Å². The van der Waals surface area contributed by atoms with Gasteiger partial charge >= 0.3 is 0 Å². The quantitative estimate of drug-likeness (QED) is 0.800. The van der Waals surface area contributed by atoms with Crippen LogP contribution < -0.4 is 4.74 Å². The van der Waals surface area contributed by atoms with Crippen molar-refractivity contribution in [2.45, 2.75) is 16.7 Å². The Kier molecular flexibility index (Phi) is 4.25. The first kappa shape index (κ1) is 14.9. The van der Waals surface area contributed by atoms with Crippen molar-refractivity contribution >= 4 is 37.3 Å². The van der Waals surface area contributed by atoms with Crippen LogP contribution >= 0.6 is 27.3 Å². The van der Waals surface area contributed by atoms with E-state index in [0.717, 1.165) is 3.79 Å². The molecule has 6 nitrogen and oxygen atoms in total. The second-order valence-corrected chi connectivity index (χ2v) is 9.13. The van der Waals surface area contributed by atoms with E-state index in [1.165, 1.54) is 22.0 Å². The lowest BCUT2D eigenvalue weighted by atomic mass is 10.3. The highest BCUT2D eigenvalue weighted by Gasteiger charge is 2.34. The molecule has 1 aliphatic heterocycles. The van der Waals surface area contributed by atoms with Gasteiger partial charge in [0.15, 0.2) is 0 Å². The molecule has 1 unspecified atom stereocenters. The molecule has 21 heavy (non-hydrogen) atoms. The molecule has 0 spiro atoms. The molecule has 1 aliphatic rings. The zero-order valence-electron chi connectivity index (χ0n) is 10.8. The van der Waals surface area contributed by atoms with Crippen LogP contribution in [0.4, 0.5) is 0 Å². The molecule has 112 valence electrons. The van der Waals surface area contributed by atoms with Crippen LogP contribution in [0.3, 0.4) is 0 Å². The first-order valence-corrected chi connectivity index (χ1v) is 9.29. The van der Waals surface area contributed by atoms with Crippen molar-refractivity contribution in [2.24, 2.45) is 0 Å².